The van der Waals surface area contributed by atoms with Crippen molar-refractivity contribution in [3.8, 4) is 0 Å². The quantitative estimate of drug-likeness (QED) is 0.624. The maximum absolute atomic E-state index is 11.2. The topological polar surface area (TPSA) is 22.0 Å². The van der Waals surface area contributed by atoms with Gasteiger partial charge in [0.15, 0.2) is 0 Å². The second kappa shape index (κ2) is 4.61. The number of fused-ring (bicyclic) bond motifs is 1. The molecule has 14 heavy (non-hydrogen) atoms. The summed E-state index contributed by atoms with van der Waals surface area (Å²) in [4.78, 5) is 11.2. The van der Waals surface area contributed by atoms with Gasteiger partial charge in [-0.05, 0) is 17.5 Å². The van der Waals surface area contributed by atoms with Gasteiger partial charge in [-0.15, -0.1) is 0 Å². The maximum Gasteiger partial charge on any atom is 0.250 e. The minimum atomic E-state index is 0.0358. The van der Waals surface area contributed by atoms with Crippen LogP contribution in [-0.4, -0.2) is 4.57 Å². The second-order valence-corrected chi connectivity index (χ2v) is 2.79. The first-order valence-electron chi connectivity index (χ1n) is 4.84. The van der Waals surface area contributed by atoms with Crippen molar-refractivity contribution < 1.29 is 0 Å². The smallest absolute Gasteiger partial charge is 0.250 e. The number of rotatable bonds is 0. The number of pyridine rings is 1. The summed E-state index contributed by atoms with van der Waals surface area (Å²) in [5.74, 6) is 0. The number of aromatic nitrogens is 1. The monoisotopic (exact) mass is 189 g/mol. The van der Waals surface area contributed by atoms with E-state index >= 15 is 0 Å². The fraction of sp³-hybridized carbons (Fsp3) is 0.250. The molecule has 0 atom stereocenters. The van der Waals surface area contributed by atoms with Gasteiger partial charge < -0.3 is 4.57 Å². The third-order valence-electron chi connectivity index (χ3n) is 2.03. The van der Waals surface area contributed by atoms with Crippen molar-refractivity contribution in [2.75, 3.05) is 0 Å². The molecule has 0 saturated carbocycles. The summed E-state index contributed by atoms with van der Waals surface area (Å²) in [6.07, 6.45) is 0. The molecule has 0 fully saturated rings. The van der Waals surface area contributed by atoms with E-state index < -0.39 is 0 Å². The van der Waals surface area contributed by atoms with Gasteiger partial charge >= 0.3 is 0 Å². The Morgan fingerprint density at radius 2 is 1.64 bits per heavy atom. The highest BCUT2D eigenvalue weighted by Crippen LogP contribution is 2.08. The standard InChI is InChI=1S/C10H9NO.C2H6/c1-11-9-5-3-2-4-8(9)6-7-10(11)12;1-2/h2-7H,1H3;1-2H3. The van der Waals surface area contributed by atoms with Gasteiger partial charge in [-0.3, -0.25) is 4.79 Å². The summed E-state index contributed by atoms with van der Waals surface area (Å²) < 4.78 is 1.65. The molecule has 1 aromatic heterocycles. The molecule has 2 rings (SSSR count). The third kappa shape index (κ3) is 1.84. The van der Waals surface area contributed by atoms with Crippen molar-refractivity contribution >= 4 is 10.9 Å². The van der Waals surface area contributed by atoms with Gasteiger partial charge in [0.2, 0.25) is 0 Å². The second-order valence-electron chi connectivity index (χ2n) is 2.79. The molecule has 0 unspecified atom stereocenters. The molecule has 0 bridgehead atoms. The Kier molecular flexibility index (Phi) is 3.46. The number of nitrogens with zero attached hydrogens (tertiary/aromatic N) is 1. The Morgan fingerprint density at radius 3 is 2.36 bits per heavy atom. The third-order valence-corrected chi connectivity index (χ3v) is 2.03. The van der Waals surface area contributed by atoms with Crippen LogP contribution in [-0.2, 0) is 7.05 Å². The summed E-state index contributed by atoms with van der Waals surface area (Å²) in [5, 5.41) is 1.10. The highest BCUT2D eigenvalue weighted by atomic mass is 16.1. The van der Waals surface area contributed by atoms with E-state index in [1.165, 1.54) is 0 Å². The lowest BCUT2D eigenvalue weighted by Crippen LogP contribution is -2.14. The SMILES string of the molecule is CC.Cn1c(=O)ccc2ccccc21. The molecule has 0 amide bonds. The lowest BCUT2D eigenvalue weighted by atomic mass is 10.2. The van der Waals surface area contributed by atoms with E-state index in [2.05, 4.69) is 0 Å². The zero-order valence-electron chi connectivity index (χ0n) is 8.82. The van der Waals surface area contributed by atoms with Crippen LogP contribution in [0.25, 0.3) is 10.9 Å². The van der Waals surface area contributed by atoms with Crippen LogP contribution in [0.2, 0.25) is 0 Å². The fourth-order valence-electron chi connectivity index (χ4n) is 1.33. The van der Waals surface area contributed by atoms with Gasteiger partial charge in [-0.25, -0.2) is 0 Å². The minimum Gasteiger partial charge on any atom is -0.311 e. The van der Waals surface area contributed by atoms with Gasteiger partial charge in [0.25, 0.3) is 5.56 Å². The Morgan fingerprint density at radius 1 is 1.00 bits per heavy atom. The molecular formula is C12H15NO. The Bertz CT molecular complexity index is 471. The number of benzene rings is 1. The van der Waals surface area contributed by atoms with E-state index in [1.54, 1.807) is 17.7 Å². The van der Waals surface area contributed by atoms with Crippen LogP contribution in [0.1, 0.15) is 13.8 Å². The summed E-state index contributed by atoms with van der Waals surface area (Å²) in [6.45, 7) is 4.00. The van der Waals surface area contributed by atoms with Crippen molar-refractivity contribution in [3.63, 3.8) is 0 Å². The van der Waals surface area contributed by atoms with Crippen molar-refractivity contribution in [2.24, 2.45) is 7.05 Å². The highest BCUT2D eigenvalue weighted by Gasteiger charge is 1.95. The van der Waals surface area contributed by atoms with E-state index in [0.717, 1.165) is 10.9 Å². The highest BCUT2D eigenvalue weighted by molar-refractivity contribution is 5.78. The zero-order chi connectivity index (χ0) is 10.6. The van der Waals surface area contributed by atoms with E-state index in [4.69, 9.17) is 0 Å². The van der Waals surface area contributed by atoms with Crippen molar-refractivity contribution in [3.05, 3.63) is 46.8 Å². The van der Waals surface area contributed by atoms with Crippen LogP contribution in [0, 0.1) is 0 Å². The molecule has 0 aliphatic carbocycles. The molecule has 0 N–H and O–H groups in total. The molecule has 1 aromatic carbocycles. The Labute approximate surface area is 83.8 Å². The lowest BCUT2D eigenvalue weighted by Gasteiger charge is -2.01. The van der Waals surface area contributed by atoms with Crippen molar-refractivity contribution in [2.45, 2.75) is 13.8 Å². The van der Waals surface area contributed by atoms with E-state index in [0.29, 0.717) is 0 Å². The van der Waals surface area contributed by atoms with Crippen LogP contribution in [0.15, 0.2) is 41.2 Å². The van der Waals surface area contributed by atoms with Crippen LogP contribution in [0.5, 0.6) is 0 Å². The summed E-state index contributed by atoms with van der Waals surface area (Å²) in [6, 6.07) is 11.3. The predicted molar refractivity (Wildman–Crippen MR) is 60.5 cm³/mol. The van der Waals surface area contributed by atoms with Gasteiger partial charge in [0.1, 0.15) is 0 Å². The average Bonchev–Trinajstić information content (AvgIpc) is 2.27. The average molecular weight is 189 g/mol. The minimum absolute atomic E-state index is 0.0358. The Balaban J connectivity index is 0.000000461. The first-order chi connectivity index (χ1) is 6.79. The number of hydrogen-bond donors (Lipinski definition) is 0. The maximum atomic E-state index is 11.2. The summed E-state index contributed by atoms with van der Waals surface area (Å²) in [7, 11) is 1.78. The van der Waals surface area contributed by atoms with Gasteiger partial charge in [0.05, 0.1) is 5.52 Å². The van der Waals surface area contributed by atoms with Crippen LogP contribution >= 0.6 is 0 Å². The van der Waals surface area contributed by atoms with E-state index in [1.807, 2.05) is 44.2 Å². The normalized spacial score (nSPS) is 9.36. The molecule has 2 heteroatoms. The molecule has 0 aliphatic heterocycles. The molecule has 1 heterocycles. The lowest BCUT2D eigenvalue weighted by molar-refractivity contribution is 0.906. The van der Waals surface area contributed by atoms with Crippen molar-refractivity contribution in [1.29, 1.82) is 0 Å². The fourth-order valence-corrected chi connectivity index (χ4v) is 1.33. The predicted octanol–water partition coefficient (Wildman–Crippen LogP) is 2.56. The largest absolute Gasteiger partial charge is 0.311 e. The molecule has 0 radical (unpaired) electrons. The number of aryl methyl sites for hydroxylation is 1. The molecule has 0 saturated heterocycles. The molecule has 2 nitrogen and oxygen atoms in total. The summed E-state index contributed by atoms with van der Waals surface area (Å²) >= 11 is 0. The first kappa shape index (κ1) is 10.5. The molecule has 2 aromatic rings. The first-order valence-corrected chi connectivity index (χ1v) is 4.84. The number of hydrogen-bond acceptors (Lipinski definition) is 1. The molecular weight excluding hydrogens is 174 g/mol. The van der Waals surface area contributed by atoms with Gasteiger partial charge in [-0.2, -0.15) is 0 Å². The van der Waals surface area contributed by atoms with Crippen LogP contribution in [0.3, 0.4) is 0 Å². The van der Waals surface area contributed by atoms with Gasteiger partial charge in [-0.1, -0.05) is 32.0 Å². The van der Waals surface area contributed by atoms with E-state index in [9.17, 15) is 4.79 Å². The van der Waals surface area contributed by atoms with Crippen molar-refractivity contribution in [1.82, 2.24) is 4.57 Å². The van der Waals surface area contributed by atoms with Crippen LogP contribution in [0.4, 0.5) is 0 Å². The summed E-state index contributed by atoms with van der Waals surface area (Å²) in [5.41, 5.74) is 1.01. The van der Waals surface area contributed by atoms with Crippen LogP contribution < -0.4 is 5.56 Å². The Hall–Kier alpha value is -1.57. The number of para-hydroxylation sites is 1. The zero-order valence-corrected chi connectivity index (χ0v) is 8.82. The van der Waals surface area contributed by atoms with Gasteiger partial charge in [0, 0.05) is 13.1 Å². The molecule has 0 spiro atoms. The molecule has 74 valence electrons. The van der Waals surface area contributed by atoms with E-state index in [-0.39, 0.29) is 5.56 Å². The molecule has 0 aliphatic rings.